The topological polar surface area (TPSA) is 57.0 Å². The lowest BCUT2D eigenvalue weighted by molar-refractivity contribution is 0.0592. The van der Waals surface area contributed by atoms with Crippen LogP contribution in [0.2, 0.25) is 0 Å². The van der Waals surface area contributed by atoms with E-state index in [1.165, 1.54) is 26.4 Å². The fourth-order valence-corrected chi connectivity index (χ4v) is 2.43. The maximum atomic E-state index is 11.7. The van der Waals surface area contributed by atoms with Gasteiger partial charge in [0.1, 0.15) is 0 Å². The number of hydrogen-bond donors (Lipinski definition) is 0. The van der Waals surface area contributed by atoms with Crippen molar-refractivity contribution >= 4 is 5.97 Å². The van der Waals surface area contributed by atoms with Gasteiger partial charge in [0.2, 0.25) is 0 Å². The van der Waals surface area contributed by atoms with E-state index in [0.29, 0.717) is 11.6 Å². The van der Waals surface area contributed by atoms with Crippen LogP contribution in [-0.4, -0.2) is 28.1 Å². The lowest BCUT2D eigenvalue weighted by atomic mass is 9.99. The molecule has 1 unspecified atom stereocenters. The molecule has 0 aromatic carbocycles. The molecule has 1 heterocycles. The van der Waals surface area contributed by atoms with E-state index in [2.05, 4.69) is 38.0 Å². The highest BCUT2D eigenvalue weighted by Crippen LogP contribution is 2.22. The number of unbranched alkanes of at least 4 members (excludes halogenated alkanes) is 1. The fourth-order valence-electron chi connectivity index (χ4n) is 2.43. The van der Waals surface area contributed by atoms with Gasteiger partial charge in [-0.05, 0) is 18.3 Å². The van der Waals surface area contributed by atoms with E-state index in [1.807, 2.05) is 4.68 Å². The molecule has 0 aliphatic heterocycles. The van der Waals surface area contributed by atoms with Crippen LogP contribution >= 0.6 is 0 Å². The highest BCUT2D eigenvalue weighted by atomic mass is 16.5. The highest BCUT2D eigenvalue weighted by molar-refractivity contribution is 5.88. The van der Waals surface area contributed by atoms with Crippen LogP contribution in [0.1, 0.15) is 75.5 Å². The zero-order chi connectivity index (χ0) is 15.1. The Balaban J connectivity index is 2.94. The van der Waals surface area contributed by atoms with Gasteiger partial charge in [-0.15, -0.1) is 5.10 Å². The van der Waals surface area contributed by atoms with E-state index in [9.17, 15) is 4.79 Å². The average molecular weight is 281 g/mol. The van der Waals surface area contributed by atoms with E-state index in [4.69, 9.17) is 4.74 Å². The SMILES string of the molecule is CCCCC(CC)Cn1nnc(C(=O)OC)c1C(C)C. The monoisotopic (exact) mass is 281 g/mol. The minimum atomic E-state index is -0.401. The van der Waals surface area contributed by atoms with Gasteiger partial charge in [0.05, 0.1) is 12.8 Å². The van der Waals surface area contributed by atoms with E-state index in [0.717, 1.165) is 18.7 Å². The van der Waals surface area contributed by atoms with Crippen molar-refractivity contribution in [2.24, 2.45) is 5.92 Å². The Morgan fingerprint density at radius 2 is 2.05 bits per heavy atom. The molecule has 5 heteroatoms. The molecule has 20 heavy (non-hydrogen) atoms. The molecule has 0 amide bonds. The predicted octanol–water partition coefficient (Wildman–Crippen LogP) is 3.40. The van der Waals surface area contributed by atoms with E-state index >= 15 is 0 Å². The summed E-state index contributed by atoms with van der Waals surface area (Å²) in [6, 6.07) is 0. The number of carbonyl (C=O) groups is 1. The summed E-state index contributed by atoms with van der Waals surface area (Å²) in [7, 11) is 1.38. The van der Waals surface area contributed by atoms with Crippen LogP contribution in [0.5, 0.6) is 0 Å². The van der Waals surface area contributed by atoms with Crippen LogP contribution in [0.15, 0.2) is 0 Å². The number of ether oxygens (including phenoxy) is 1. The molecular weight excluding hydrogens is 254 g/mol. The predicted molar refractivity (Wildman–Crippen MR) is 78.8 cm³/mol. The molecule has 0 fully saturated rings. The van der Waals surface area contributed by atoms with E-state index in [1.54, 1.807) is 0 Å². The molecule has 0 saturated carbocycles. The van der Waals surface area contributed by atoms with Gasteiger partial charge in [-0.1, -0.05) is 52.2 Å². The molecule has 1 atom stereocenters. The van der Waals surface area contributed by atoms with Gasteiger partial charge in [0.15, 0.2) is 5.69 Å². The summed E-state index contributed by atoms with van der Waals surface area (Å²) in [5, 5.41) is 8.18. The van der Waals surface area contributed by atoms with Crippen molar-refractivity contribution < 1.29 is 9.53 Å². The molecule has 0 bridgehead atoms. The van der Waals surface area contributed by atoms with Crippen LogP contribution in [0, 0.1) is 5.92 Å². The molecule has 1 rings (SSSR count). The molecule has 1 aromatic rings. The van der Waals surface area contributed by atoms with Crippen molar-refractivity contribution in [1.82, 2.24) is 15.0 Å². The van der Waals surface area contributed by atoms with E-state index in [-0.39, 0.29) is 5.92 Å². The van der Waals surface area contributed by atoms with Gasteiger partial charge in [0, 0.05) is 6.54 Å². The number of rotatable bonds is 8. The molecule has 0 N–H and O–H groups in total. The minimum absolute atomic E-state index is 0.197. The second kappa shape index (κ2) is 8.02. The molecule has 0 aliphatic rings. The van der Waals surface area contributed by atoms with Crippen LogP contribution in [0.25, 0.3) is 0 Å². The summed E-state index contributed by atoms with van der Waals surface area (Å²) < 4.78 is 6.67. The normalized spacial score (nSPS) is 12.7. The number of esters is 1. The van der Waals surface area contributed by atoms with Gasteiger partial charge in [-0.3, -0.25) is 0 Å². The third-order valence-electron chi connectivity index (χ3n) is 3.67. The molecule has 0 saturated heterocycles. The van der Waals surface area contributed by atoms with Crippen molar-refractivity contribution in [3.05, 3.63) is 11.4 Å². The molecule has 0 aliphatic carbocycles. The maximum absolute atomic E-state index is 11.7. The molecule has 5 nitrogen and oxygen atoms in total. The maximum Gasteiger partial charge on any atom is 0.360 e. The lowest BCUT2D eigenvalue weighted by Crippen LogP contribution is -2.16. The molecule has 1 aromatic heterocycles. The van der Waals surface area contributed by atoms with Gasteiger partial charge in [-0.25, -0.2) is 9.48 Å². The third kappa shape index (κ3) is 4.05. The standard InChI is InChI=1S/C15H27N3O2/c1-6-8-9-12(7-2)10-18-14(11(3)4)13(16-17-18)15(19)20-5/h11-12H,6-10H2,1-5H3. The Morgan fingerprint density at radius 3 is 2.55 bits per heavy atom. The smallest absolute Gasteiger partial charge is 0.360 e. The minimum Gasteiger partial charge on any atom is -0.464 e. The van der Waals surface area contributed by atoms with Crippen LogP contribution in [0.3, 0.4) is 0 Å². The average Bonchev–Trinajstić information content (AvgIpc) is 2.86. The van der Waals surface area contributed by atoms with Crippen molar-refractivity contribution in [2.45, 2.75) is 65.8 Å². The largest absolute Gasteiger partial charge is 0.464 e. The van der Waals surface area contributed by atoms with Crippen LogP contribution < -0.4 is 0 Å². The number of hydrogen-bond acceptors (Lipinski definition) is 4. The molecule has 0 radical (unpaired) electrons. The van der Waals surface area contributed by atoms with Crippen molar-refractivity contribution in [3.8, 4) is 0 Å². The molecular formula is C15H27N3O2. The Labute approximate surface area is 121 Å². The van der Waals surface area contributed by atoms with Gasteiger partial charge in [0.25, 0.3) is 0 Å². The Morgan fingerprint density at radius 1 is 1.35 bits per heavy atom. The Bertz CT molecular complexity index is 427. The quantitative estimate of drug-likeness (QED) is 0.685. The van der Waals surface area contributed by atoms with Crippen molar-refractivity contribution in [3.63, 3.8) is 0 Å². The Kier molecular flexibility index (Phi) is 6.68. The lowest BCUT2D eigenvalue weighted by Gasteiger charge is -2.17. The summed E-state index contributed by atoms with van der Waals surface area (Å²) in [5.74, 6) is 0.379. The summed E-state index contributed by atoms with van der Waals surface area (Å²) in [6.07, 6.45) is 4.75. The molecule has 114 valence electrons. The summed E-state index contributed by atoms with van der Waals surface area (Å²) in [4.78, 5) is 11.7. The van der Waals surface area contributed by atoms with E-state index < -0.39 is 5.97 Å². The van der Waals surface area contributed by atoms with Gasteiger partial charge in [-0.2, -0.15) is 0 Å². The van der Waals surface area contributed by atoms with Crippen LogP contribution in [0.4, 0.5) is 0 Å². The second-order valence-electron chi connectivity index (χ2n) is 5.57. The summed E-state index contributed by atoms with van der Waals surface area (Å²) in [5.41, 5.74) is 1.24. The first-order valence-corrected chi connectivity index (χ1v) is 7.56. The van der Waals surface area contributed by atoms with Crippen molar-refractivity contribution in [2.75, 3.05) is 7.11 Å². The number of methoxy groups -OCH3 is 1. The first-order chi connectivity index (χ1) is 9.54. The first kappa shape index (κ1) is 16.7. The highest BCUT2D eigenvalue weighted by Gasteiger charge is 2.23. The summed E-state index contributed by atoms with van der Waals surface area (Å²) >= 11 is 0. The summed E-state index contributed by atoms with van der Waals surface area (Å²) in [6.45, 7) is 9.34. The fraction of sp³-hybridized carbons (Fsp3) is 0.800. The van der Waals surface area contributed by atoms with Crippen molar-refractivity contribution in [1.29, 1.82) is 0 Å². The zero-order valence-corrected chi connectivity index (χ0v) is 13.3. The van der Waals surface area contributed by atoms with Gasteiger partial charge < -0.3 is 4.74 Å². The van der Waals surface area contributed by atoms with Gasteiger partial charge >= 0.3 is 5.97 Å². The molecule has 0 spiro atoms. The first-order valence-electron chi connectivity index (χ1n) is 7.56. The second-order valence-corrected chi connectivity index (χ2v) is 5.57. The van der Waals surface area contributed by atoms with Crippen LogP contribution in [-0.2, 0) is 11.3 Å². The number of carbonyl (C=O) groups excluding carboxylic acids is 1. The zero-order valence-electron chi connectivity index (χ0n) is 13.3. The third-order valence-corrected chi connectivity index (χ3v) is 3.67. The number of aromatic nitrogens is 3. The Hall–Kier alpha value is -1.39. The number of nitrogens with zero attached hydrogens (tertiary/aromatic N) is 3.